The van der Waals surface area contributed by atoms with E-state index in [9.17, 15) is 29.4 Å². The van der Waals surface area contributed by atoms with Crippen molar-refractivity contribution in [2.45, 2.75) is 0 Å². The predicted octanol–water partition coefficient (Wildman–Crippen LogP) is 0.953. The zero-order valence-corrected chi connectivity index (χ0v) is 14.7. The van der Waals surface area contributed by atoms with Gasteiger partial charge in [-0.3, -0.25) is 19.3 Å². The van der Waals surface area contributed by atoms with Crippen molar-refractivity contribution in [3.63, 3.8) is 0 Å². The van der Waals surface area contributed by atoms with E-state index in [4.69, 9.17) is 4.74 Å². The number of carboxylic acids is 1. The molecule has 0 spiro atoms. The first-order chi connectivity index (χ1) is 13.3. The number of fused-ring (bicyclic) bond motifs is 1. The molecule has 0 saturated heterocycles. The third-order valence-corrected chi connectivity index (χ3v) is 4.22. The number of carbonyl (C=O) groups is 4. The first-order valence-corrected chi connectivity index (χ1v) is 8.18. The lowest BCUT2D eigenvalue weighted by Crippen LogP contribution is -2.32. The monoisotopic (exact) mass is 383 g/mol. The maximum absolute atomic E-state index is 12.5. The summed E-state index contributed by atoms with van der Waals surface area (Å²) in [6, 6.07) is 7.23. The number of anilines is 1. The second-order valence-electron chi connectivity index (χ2n) is 5.98. The molecule has 0 bridgehead atoms. The normalized spacial score (nSPS) is 12.8. The van der Waals surface area contributed by atoms with Gasteiger partial charge in [0.25, 0.3) is 17.7 Å². The first-order valence-electron chi connectivity index (χ1n) is 8.18. The van der Waals surface area contributed by atoms with Crippen LogP contribution in [0.15, 0.2) is 36.4 Å². The molecule has 0 aliphatic carbocycles. The summed E-state index contributed by atoms with van der Waals surface area (Å²) in [5.41, 5.74) is -0.0709. The third-order valence-electron chi connectivity index (χ3n) is 4.22. The molecule has 0 radical (unpaired) electrons. The zero-order chi connectivity index (χ0) is 20.4. The van der Waals surface area contributed by atoms with Crippen LogP contribution in [0.4, 0.5) is 5.69 Å². The van der Waals surface area contributed by atoms with Crippen LogP contribution in [-0.4, -0.2) is 54.0 Å². The second kappa shape index (κ2) is 7.49. The molecule has 2 aromatic rings. The minimum atomic E-state index is -1.36. The largest absolute Gasteiger partial charge is 0.872 e. The summed E-state index contributed by atoms with van der Waals surface area (Å²) in [5, 5.41) is 22.9. The van der Waals surface area contributed by atoms with Crippen LogP contribution in [-0.2, 0) is 4.74 Å². The number of nitrogens with zero attached hydrogens (tertiary/aromatic N) is 1. The lowest BCUT2D eigenvalue weighted by molar-refractivity contribution is -0.268. The van der Waals surface area contributed by atoms with Gasteiger partial charge in [-0.05, 0) is 24.3 Å². The fraction of sp³-hybridized carbons (Fsp3) is 0.158. The molecule has 3 rings (SSSR count). The summed E-state index contributed by atoms with van der Waals surface area (Å²) >= 11 is 0. The molecule has 1 aliphatic heterocycles. The van der Waals surface area contributed by atoms with Crippen molar-refractivity contribution < 1.29 is 34.1 Å². The topological polar surface area (TPSA) is 136 Å². The summed E-state index contributed by atoms with van der Waals surface area (Å²) < 4.78 is 4.89. The Bertz CT molecular complexity index is 1000. The Morgan fingerprint density at radius 2 is 1.82 bits per heavy atom. The summed E-state index contributed by atoms with van der Waals surface area (Å²) in [6.45, 7) is 0.278. The minimum absolute atomic E-state index is 0.0540. The van der Waals surface area contributed by atoms with Gasteiger partial charge in [0.05, 0.1) is 35.5 Å². The van der Waals surface area contributed by atoms with Crippen molar-refractivity contribution in [2.24, 2.45) is 0 Å². The Kier molecular flexibility index (Phi) is 5.10. The second-order valence-corrected chi connectivity index (χ2v) is 5.98. The fourth-order valence-electron chi connectivity index (χ4n) is 2.82. The van der Waals surface area contributed by atoms with Gasteiger partial charge in [0, 0.05) is 12.7 Å². The van der Waals surface area contributed by atoms with E-state index in [1.165, 1.54) is 31.4 Å². The first kappa shape index (κ1) is 19.1. The summed E-state index contributed by atoms with van der Waals surface area (Å²) in [6.07, 6.45) is 0. The van der Waals surface area contributed by atoms with Gasteiger partial charge >= 0.3 is 5.97 Å². The number of carbonyl (C=O) groups excluding carboxylic acids is 3. The highest BCUT2D eigenvalue weighted by Gasteiger charge is 2.35. The number of rotatable bonds is 6. The maximum atomic E-state index is 12.5. The number of aromatic carboxylic acids is 1. The highest BCUT2D eigenvalue weighted by Crippen LogP contribution is 2.25. The molecule has 9 nitrogen and oxygen atoms in total. The van der Waals surface area contributed by atoms with Crippen LogP contribution in [0.3, 0.4) is 0 Å². The number of ether oxygens (including phenoxy) is 1. The Morgan fingerprint density at radius 1 is 1.11 bits per heavy atom. The van der Waals surface area contributed by atoms with E-state index in [0.717, 1.165) is 17.0 Å². The molecular formula is C19H15N2O7-. The van der Waals surface area contributed by atoms with Crippen molar-refractivity contribution in [1.82, 2.24) is 4.90 Å². The number of methoxy groups -OCH3 is 1. The molecule has 1 aliphatic rings. The zero-order valence-electron chi connectivity index (χ0n) is 14.7. The van der Waals surface area contributed by atoms with Gasteiger partial charge in [0.15, 0.2) is 0 Å². The molecule has 0 aromatic heterocycles. The highest BCUT2D eigenvalue weighted by molar-refractivity contribution is 6.22. The molecule has 9 heteroatoms. The molecule has 28 heavy (non-hydrogen) atoms. The maximum Gasteiger partial charge on any atom is 0.337 e. The molecular weight excluding hydrogens is 368 g/mol. The lowest BCUT2D eigenvalue weighted by atomic mass is 10.0. The molecule has 0 saturated carbocycles. The number of imide groups is 1. The van der Waals surface area contributed by atoms with E-state index in [2.05, 4.69) is 5.32 Å². The molecule has 144 valence electrons. The quantitative estimate of drug-likeness (QED) is 0.709. The van der Waals surface area contributed by atoms with Crippen molar-refractivity contribution in [3.8, 4) is 5.75 Å². The predicted molar refractivity (Wildman–Crippen MR) is 94.5 cm³/mol. The Hall–Kier alpha value is -3.72. The van der Waals surface area contributed by atoms with Crippen LogP contribution < -0.4 is 10.4 Å². The van der Waals surface area contributed by atoms with Gasteiger partial charge in [-0.2, -0.15) is 0 Å². The smallest absolute Gasteiger partial charge is 0.337 e. The SMILES string of the molecule is COCCN1C(=O)c2ccc(C(=O)Nc3ccc([O-])cc3C(=O)O)cc2C1=O. The van der Waals surface area contributed by atoms with Crippen LogP contribution in [0.5, 0.6) is 5.75 Å². The number of hydrogen-bond acceptors (Lipinski definition) is 6. The van der Waals surface area contributed by atoms with Crippen LogP contribution in [0.2, 0.25) is 0 Å². The van der Waals surface area contributed by atoms with Gasteiger partial charge in [-0.25, -0.2) is 4.79 Å². The van der Waals surface area contributed by atoms with Gasteiger partial charge in [-0.15, -0.1) is 5.75 Å². The van der Waals surface area contributed by atoms with Crippen LogP contribution in [0, 0.1) is 0 Å². The fourth-order valence-corrected chi connectivity index (χ4v) is 2.82. The van der Waals surface area contributed by atoms with E-state index in [0.29, 0.717) is 0 Å². The third kappa shape index (κ3) is 3.42. The van der Waals surface area contributed by atoms with Crippen molar-refractivity contribution in [1.29, 1.82) is 0 Å². The van der Waals surface area contributed by atoms with Crippen molar-refractivity contribution in [3.05, 3.63) is 58.7 Å². The minimum Gasteiger partial charge on any atom is -0.872 e. The van der Waals surface area contributed by atoms with Gasteiger partial charge < -0.3 is 20.3 Å². The van der Waals surface area contributed by atoms with E-state index in [1.807, 2.05) is 0 Å². The molecule has 3 amide bonds. The summed E-state index contributed by atoms with van der Waals surface area (Å²) in [4.78, 5) is 49.5. The van der Waals surface area contributed by atoms with E-state index >= 15 is 0 Å². The Labute approximate surface area is 159 Å². The molecule has 0 fully saturated rings. The van der Waals surface area contributed by atoms with E-state index < -0.39 is 29.4 Å². The highest BCUT2D eigenvalue weighted by atomic mass is 16.5. The van der Waals surface area contributed by atoms with Crippen LogP contribution >= 0.6 is 0 Å². The molecule has 2 aromatic carbocycles. The standard InChI is InChI=1S/C19H16N2O7/c1-28-7-6-21-17(24)12-4-2-10(8-13(12)18(21)25)16(23)20-15-5-3-11(22)9-14(15)19(26)27/h2-5,8-9,22H,6-7H2,1H3,(H,20,23)(H,26,27)/p-1. The average molecular weight is 383 g/mol. The summed E-state index contributed by atoms with van der Waals surface area (Å²) in [7, 11) is 1.45. The number of hydrogen-bond donors (Lipinski definition) is 2. The summed E-state index contributed by atoms with van der Waals surface area (Å²) in [5.74, 6) is -3.55. The average Bonchev–Trinajstić information content (AvgIpc) is 2.91. The van der Waals surface area contributed by atoms with E-state index in [1.54, 1.807) is 0 Å². The number of benzene rings is 2. The molecule has 0 atom stereocenters. The van der Waals surface area contributed by atoms with Crippen LogP contribution in [0.25, 0.3) is 0 Å². The Balaban J connectivity index is 1.87. The molecule has 1 heterocycles. The number of carboxylic acid groups (broad SMARTS) is 1. The number of nitrogens with one attached hydrogen (secondary N) is 1. The van der Waals surface area contributed by atoms with Crippen molar-refractivity contribution in [2.75, 3.05) is 25.6 Å². The van der Waals surface area contributed by atoms with E-state index in [-0.39, 0.29) is 41.1 Å². The van der Waals surface area contributed by atoms with Crippen molar-refractivity contribution >= 4 is 29.4 Å². The lowest BCUT2D eigenvalue weighted by Gasteiger charge is -2.12. The van der Waals surface area contributed by atoms with Gasteiger partial charge in [0.1, 0.15) is 0 Å². The molecule has 0 unspecified atom stereocenters. The Morgan fingerprint density at radius 3 is 2.50 bits per heavy atom. The number of amides is 3. The molecule has 2 N–H and O–H groups in total. The van der Waals surface area contributed by atoms with Crippen LogP contribution in [0.1, 0.15) is 41.4 Å². The van der Waals surface area contributed by atoms with Gasteiger partial charge in [0.2, 0.25) is 0 Å². The van der Waals surface area contributed by atoms with Gasteiger partial charge in [-0.1, -0.05) is 12.1 Å².